The Morgan fingerprint density at radius 2 is 1.90 bits per heavy atom. The number of rotatable bonds is 5. The van der Waals surface area contributed by atoms with Crippen molar-refractivity contribution in [2.24, 2.45) is 0 Å². The summed E-state index contributed by atoms with van der Waals surface area (Å²) in [6, 6.07) is 3.69. The van der Waals surface area contributed by atoms with Crippen LogP contribution in [0.1, 0.15) is 10.4 Å². The van der Waals surface area contributed by atoms with E-state index in [0.29, 0.717) is 0 Å². The van der Waals surface area contributed by atoms with Crippen LogP contribution in [0.3, 0.4) is 0 Å². The molecule has 110 valence electrons. The number of carboxylic acid groups (broad SMARTS) is 1. The van der Waals surface area contributed by atoms with Gasteiger partial charge in [-0.25, -0.2) is 14.3 Å². The van der Waals surface area contributed by atoms with E-state index < -0.39 is 22.3 Å². The molecule has 0 fully saturated rings. The number of aromatic carboxylic acids is 1. The van der Waals surface area contributed by atoms with Crippen molar-refractivity contribution in [1.29, 1.82) is 0 Å². The SMILES string of the molecule is COC(=O)NS(=O)(=O)Nc1ccc(OC)cc1C(=O)O. The lowest BCUT2D eigenvalue weighted by Gasteiger charge is -2.11. The fraction of sp³-hybridized carbons (Fsp3) is 0.200. The van der Waals surface area contributed by atoms with Crippen LogP contribution < -0.4 is 14.2 Å². The average molecular weight is 304 g/mol. The third-order valence-electron chi connectivity index (χ3n) is 2.10. The predicted molar refractivity (Wildman–Crippen MR) is 68.0 cm³/mol. The molecule has 10 heteroatoms. The van der Waals surface area contributed by atoms with Gasteiger partial charge in [0.05, 0.1) is 25.5 Å². The average Bonchev–Trinajstić information content (AvgIpc) is 2.37. The Morgan fingerprint density at radius 3 is 2.40 bits per heavy atom. The molecule has 0 radical (unpaired) electrons. The fourth-order valence-electron chi connectivity index (χ4n) is 1.24. The number of anilines is 1. The van der Waals surface area contributed by atoms with E-state index in [1.165, 1.54) is 24.0 Å². The zero-order valence-electron chi connectivity index (χ0n) is 10.5. The predicted octanol–water partition coefficient (Wildman–Crippen LogP) is 0.406. The number of carbonyl (C=O) groups excluding carboxylic acids is 1. The van der Waals surface area contributed by atoms with Crippen LogP contribution in [-0.2, 0) is 14.9 Å². The maximum absolute atomic E-state index is 11.6. The lowest BCUT2D eigenvalue weighted by atomic mass is 10.2. The van der Waals surface area contributed by atoms with Gasteiger partial charge in [-0.05, 0) is 18.2 Å². The van der Waals surface area contributed by atoms with Gasteiger partial charge in [0.25, 0.3) is 0 Å². The Morgan fingerprint density at radius 1 is 1.25 bits per heavy atom. The van der Waals surface area contributed by atoms with Crippen LogP contribution in [0.5, 0.6) is 5.75 Å². The fourth-order valence-corrected chi connectivity index (χ4v) is 2.06. The van der Waals surface area contributed by atoms with Crippen LogP contribution in [0.15, 0.2) is 18.2 Å². The van der Waals surface area contributed by atoms with Crippen LogP contribution in [-0.4, -0.2) is 39.8 Å². The highest BCUT2D eigenvalue weighted by Gasteiger charge is 2.19. The monoisotopic (exact) mass is 304 g/mol. The van der Waals surface area contributed by atoms with E-state index >= 15 is 0 Å². The molecule has 0 saturated carbocycles. The van der Waals surface area contributed by atoms with E-state index in [1.54, 1.807) is 0 Å². The van der Waals surface area contributed by atoms with Crippen LogP contribution >= 0.6 is 0 Å². The van der Waals surface area contributed by atoms with Gasteiger partial charge in [0.2, 0.25) is 0 Å². The molecule has 1 aromatic carbocycles. The van der Waals surface area contributed by atoms with Crippen LogP contribution in [0, 0.1) is 0 Å². The van der Waals surface area contributed by atoms with Gasteiger partial charge in [-0.2, -0.15) is 8.42 Å². The van der Waals surface area contributed by atoms with Crippen molar-refractivity contribution in [3.05, 3.63) is 23.8 Å². The molecule has 0 aromatic heterocycles. The van der Waals surface area contributed by atoms with Gasteiger partial charge in [0.1, 0.15) is 5.75 Å². The summed E-state index contributed by atoms with van der Waals surface area (Å²) in [6.07, 6.45) is -1.21. The van der Waals surface area contributed by atoms with E-state index in [2.05, 4.69) is 4.74 Å². The number of benzene rings is 1. The van der Waals surface area contributed by atoms with Crippen LogP contribution in [0.4, 0.5) is 10.5 Å². The number of ether oxygens (including phenoxy) is 2. The highest BCUT2D eigenvalue weighted by atomic mass is 32.2. The molecule has 0 bridgehead atoms. The Kier molecular flexibility index (Phi) is 4.75. The lowest BCUT2D eigenvalue weighted by molar-refractivity contribution is 0.0697. The zero-order chi connectivity index (χ0) is 15.3. The highest BCUT2D eigenvalue weighted by molar-refractivity contribution is 7.91. The Balaban J connectivity index is 3.08. The van der Waals surface area contributed by atoms with Gasteiger partial charge in [0.15, 0.2) is 0 Å². The van der Waals surface area contributed by atoms with Gasteiger partial charge >= 0.3 is 22.3 Å². The van der Waals surface area contributed by atoms with Gasteiger partial charge < -0.3 is 14.6 Å². The Labute approximate surface area is 114 Å². The second-order valence-electron chi connectivity index (χ2n) is 3.42. The molecule has 0 heterocycles. The quantitative estimate of drug-likeness (QED) is 0.717. The molecule has 0 aliphatic carbocycles. The maximum Gasteiger partial charge on any atom is 0.422 e. The van der Waals surface area contributed by atoms with E-state index in [0.717, 1.165) is 13.2 Å². The molecule has 1 rings (SSSR count). The lowest BCUT2D eigenvalue weighted by Crippen LogP contribution is -2.35. The third-order valence-corrected chi connectivity index (χ3v) is 3.03. The molecular weight excluding hydrogens is 292 g/mol. The van der Waals surface area contributed by atoms with E-state index in [9.17, 15) is 18.0 Å². The molecule has 20 heavy (non-hydrogen) atoms. The molecule has 0 aliphatic rings. The number of methoxy groups -OCH3 is 2. The summed E-state index contributed by atoms with van der Waals surface area (Å²) < 4.78 is 35.5. The molecule has 0 aliphatic heterocycles. The number of carbonyl (C=O) groups is 2. The Hall–Kier alpha value is -2.49. The number of amides is 1. The first-order valence-electron chi connectivity index (χ1n) is 5.09. The molecular formula is C10H12N2O7S. The van der Waals surface area contributed by atoms with Gasteiger partial charge in [-0.1, -0.05) is 0 Å². The third kappa shape index (κ3) is 4.02. The van der Waals surface area contributed by atoms with Crippen LogP contribution in [0.2, 0.25) is 0 Å². The highest BCUT2D eigenvalue weighted by Crippen LogP contribution is 2.22. The van der Waals surface area contributed by atoms with E-state index in [1.807, 2.05) is 4.72 Å². The van der Waals surface area contributed by atoms with Gasteiger partial charge in [0, 0.05) is 0 Å². The van der Waals surface area contributed by atoms with Crippen molar-refractivity contribution in [2.45, 2.75) is 0 Å². The minimum atomic E-state index is -4.30. The molecule has 9 nitrogen and oxygen atoms in total. The van der Waals surface area contributed by atoms with E-state index in [4.69, 9.17) is 9.84 Å². The van der Waals surface area contributed by atoms with E-state index in [-0.39, 0.29) is 17.0 Å². The maximum atomic E-state index is 11.6. The first-order chi connectivity index (χ1) is 9.29. The summed E-state index contributed by atoms with van der Waals surface area (Å²) in [6.45, 7) is 0. The molecule has 1 aromatic rings. The summed E-state index contributed by atoms with van der Waals surface area (Å²) in [7, 11) is -1.98. The normalized spacial score (nSPS) is 10.5. The number of hydrogen-bond acceptors (Lipinski definition) is 6. The summed E-state index contributed by atoms with van der Waals surface area (Å²) in [4.78, 5) is 21.9. The van der Waals surface area contributed by atoms with Crippen molar-refractivity contribution >= 4 is 28.0 Å². The standard InChI is InChI=1S/C10H12N2O7S/c1-18-6-3-4-8(7(5-6)9(13)14)11-20(16,17)12-10(15)19-2/h3-5,11H,1-2H3,(H,12,15)(H,13,14). The first kappa shape index (κ1) is 15.6. The minimum absolute atomic E-state index is 0.227. The first-order valence-corrected chi connectivity index (χ1v) is 6.57. The summed E-state index contributed by atoms with van der Waals surface area (Å²) in [5, 5.41) is 9.01. The number of carboxylic acids is 1. The second kappa shape index (κ2) is 6.10. The molecule has 3 N–H and O–H groups in total. The second-order valence-corrected chi connectivity index (χ2v) is 4.83. The van der Waals surface area contributed by atoms with Crippen molar-refractivity contribution < 1.29 is 32.6 Å². The summed E-state index contributed by atoms with van der Waals surface area (Å²) in [5.74, 6) is -1.12. The summed E-state index contributed by atoms with van der Waals surface area (Å²) >= 11 is 0. The number of hydrogen-bond donors (Lipinski definition) is 3. The minimum Gasteiger partial charge on any atom is -0.497 e. The summed E-state index contributed by atoms with van der Waals surface area (Å²) in [5.41, 5.74) is -0.561. The van der Waals surface area contributed by atoms with Gasteiger partial charge in [-0.3, -0.25) is 4.72 Å². The van der Waals surface area contributed by atoms with Crippen molar-refractivity contribution in [1.82, 2.24) is 4.72 Å². The molecule has 0 spiro atoms. The van der Waals surface area contributed by atoms with Crippen molar-refractivity contribution in [2.75, 3.05) is 18.9 Å². The van der Waals surface area contributed by atoms with Crippen molar-refractivity contribution in [3.8, 4) is 5.75 Å². The van der Waals surface area contributed by atoms with Gasteiger partial charge in [-0.15, -0.1) is 0 Å². The smallest absolute Gasteiger partial charge is 0.422 e. The van der Waals surface area contributed by atoms with Crippen LogP contribution in [0.25, 0.3) is 0 Å². The largest absolute Gasteiger partial charge is 0.497 e. The Bertz CT molecular complexity index is 626. The number of nitrogens with one attached hydrogen (secondary N) is 2. The topological polar surface area (TPSA) is 131 Å². The molecule has 0 saturated heterocycles. The molecule has 0 unspecified atom stereocenters. The zero-order valence-corrected chi connectivity index (χ0v) is 11.4. The molecule has 0 atom stereocenters. The molecule has 1 amide bonds. The van der Waals surface area contributed by atoms with Crippen molar-refractivity contribution in [3.63, 3.8) is 0 Å².